The fourth-order valence-corrected chi connectivity index (χ4v) is 4.99. The number of carbonyl (C=O) groups is 1. The summed E-state index contributed by atoms with van der Waals surface area (Å²) in [7, 11) is 2.16. The number of imidazole rings is 1. The highest BCUT2D eigenvalue weighted by Gasteiger charge is 2.17. The summed E-state index contributed by atoms with van der Waals surface area (Å²) in [6, 6.07) is 13.8. The number of benzene rings is 1. The standard InChI is InChI=1S/C29H31N7O2/c1-33-10-12-34(13-11-33)14-15-38-24-7-9-35-27(20-31-29(35)17-24)28(37)16-23-5-2-6-26-25(23)19-32-36(26)21-22-4-3-8-30-18-22/h2-9,17-20H,10-16,21H2,1H3. The zero-order valence-electron chi connectivity index (χ0n) is 21.5. The van der Waals surface area contributed by atoms with Gasteiger partial charge in [0.15, 0.2) is 5.78 Å². The van der Waals surface area contributed by atoms with Crippen molar-refractivity contribution < 1.29 is 9.53 Å². The third-order valence-electron chi connectivity index (χ3n) is 7.23. The molecule has 0 N–H and O–H groups in total. The minimum Gasteiger partial charge on any atom is -0.492 e. The molecule has 0 bridgehead atoms. The van der Waals surface area contributed by atoms with Crippen LogP contribution >= 0.6 is 0 Å². The first kappa shape index (κ1) is 24.3. The molecule has 0 unspecified atom stereocenters. The number of hydrogen-bond donors (Lipinski definition) is 0. The molecule has 1 aromatic carbocycles. The lowest BCUT2D eigenvalue weighted by atomic mass is 10.0. The second kappa shape index (κ2) is 10.7. The number of hydrogen-bond acceptors (Lipinski definition) is 7. The summed E-state index contributed by atoms with van der Waals surface area (Å²) in [5, 5.41) is 5.56. The van der Waals surface area contributed by atoms with Gasteiger partial charge in [0, 0.05) is 69.2 Å². The number of rotatable bonds is 9. The zero-order valence-corrected chi connectivity index (χ0v) is 21.5. The third-order valence-corrected chi connectivity index (χ3v) is 7.23. The molecular weight excluding hydrogens is 478 g/mol. The molecule has 5 aromatic rings. The van der Waals surface area contributed by atoms with Crippen molar-refractivity contribution in [2.75, 3.05) is 46.4 Å². The minimum absolute atomic E-state index is 0.00810. The number of nitrogens with zero attached hydrogens (tertiary/aromatic N) is 7. The van der Waals surface area contributed by atoms with Gasteiger partial charge in [-0.3, -0.25) is 23.8 Å². The number of fused-ring (bicyclic) bond motifs is 2. The predicted molar refractivity (Wildman–Crippen MR) is 146 cm³/mol. The maximum Gasteiger partial charge on any atom is 0.185 e. The molecule has 6 rings (SSSR count). The van der Waals surface area contributed by atoms with Gasteiger partial charge in [0.1, 0.15) is 23.7 Å². The van der Waals surface area contributed by atoms with Gasteiger partial charge in [-0.05, 0) is 36.4 Å². The van der Waals surface area contributed by atoms with Crippen molar-refractivity contribution in [1.82, 2.24) is 33.9 Å². The van der Waals surface area contributed by atoms with Crippen LogP contribution in [0.4, 0.5) is 0 Å². The quantitative estimate of drug-likeness (QED) is 0.282. The molecule has 1 aliphatic heterocycles. The van der Waals surface area contributed by atoms with E-state index in [1.165, 1.54) is 0 Å². The minimum atomic E-state index is 0.00810. The molecule has 0 atom stereocenters. The largest absolute Gasteiger partial charge is 0.492 e. The van der Waals surface area contributed by atoms with Crippen LogP contribution in [0.15, 0.2) is 73.4 Å². The van der Waals surface area contributed by atoms with Crippen molar-refractivity contribution in [3.63, 3.8) is 0 Å². The van der Waals surface area contributed by atoms with Gasteiger partial charge < -0.3 is 9.64 Å². The van der Waals surface area contributed by atoms with Crippen LogP contribution in [0.1, 0.15) is 21.6 Å². The van der Waals surface area contributed by atoms with E-state index in [0.717, 1.165) is 60.5 Å². The number of piperazine rings is 1. The second-order valence-electron chi connectivity index (χ2n) is 9.84. The lowest BCUT2D eigenvalue weighted by molar-refractivity contribution is 0.0987. The van der Waals surface area contributed by atoms with E-state index in [9.17, 15) is 4.79 Å². The van der Waals surface area contributed by atoms with Crippen molar-refractivity contribution in [3.05, 3.63) is 90.3 Å². The van der Waals surface area contributed by atoms with Crippen LogP contribution < -0.4 is 4.74 Å². The molecule has 9 heteroatoms. The van der Waals surface area contributed by atoms with Crippen molar-refractivity contribution in [3.8, 4) is 5.75 Å². The molecule has 5 heterocycles. The number of carbonyl (C=O) groups excluding carboxylic acids is 1. The highest BCUT2D eigenvalue weighted by atomic mass is 16.5. The van der Waals surface area contributed by atoms with Gasteiger partial charge in [0.2, 0.25) is 0 Å². The molecule has 0 amide bonds. The van der Waals surface area contributed by atoms with Crippen molar-refractivity contribution in [1.29, 1.82) is 0 Å². The molecule has 0 radical (unpaired) electrons. The van der Waals surface area contributed by atoms with Crippen LogP contribution in [0.5, 0.6) is 5.75 Å². The first-order valence-electron chi connectivity index (χ1n) is 13.0. The molecule has 38 heavy (non-hydrogen) atoms. The van der Waals surface area contributed by atoms with E-state index >= 15 is 0 Å². The number of Topliss-reactive ketones (excluding diaryl/α,β-unsaturated/α-hetero) is 1. The Kier molecular flexibility index (Phi) is 6.85. The lowest BCUT2D eigenvalue weighted by Crippen LogP contribution is -2.45. The van der Waals surface area contributed by atoms with Crippen molar-refractivity contribution >= 4 is 22.3 Å². The number of aromatic nitrogens is 5. The summed E-state index contributed by atoms with van der Waals surface area (Å²) in [5.41, 5.74) is 4.28. The monoisotopic (exact) mass is 509 g/mol. The van der Waals surface area contributed by atoms with E-state index < -0.39 is 0 Å². The Bertz CT molecular complexity index is 1550. The Labute approximate surface area is 221 Å². The molecule has 1 saturated heterocycles. The van der Waals surface area contributed by atoms with Crippen LogP contribution in [0.2, 0.25) is 0 Å². The highest BCUT2D eigenvalue weighted by molar-refractivity contribution is 5.99. The van der Waals surface area contributed by atoms with Crippen molar-refractivity contribution in [2.45, 2.75) is 13.0 Å². The predicted octanol–water partition coefficient (Wildman–Crippen LogP) is 3.18. The average Bonchev–Trinajstić information content (AvgIpc) is 3.55. The van der Waals surface area contributed by atoms with Gasteiger partial charge in [-0.2, -0.15) is 5.10 Å². The smallest absolute Gasteiger partial charge is 0.185 e. The highest BCUT2D eigenvalue weighted by Crippen LogP contribution is 2.22. The molecule has 1 fully saturated rings. The van der Waals surface area contributed by atoms with E-state index in [2.05, 4.69) is 31.9 Å². The topological polar surface area (TPSA) is 80.8 Å². The van der Waals surface area contributed by atoms with Crippen LogP contribution in [-0.4, -0.2) is 86.1 Å². The Morgan fingerprint density at radius 1 is 1.03 bits per heavy atom. The van der Waals surface area contributed by atoms with Gasteiger partial charge >= 0.3 is 0 Å². The molecule has 0 saturated carbocycles. The van der Waals surface area contributed by atoms with E-state index in [4.69, 9.17) is 4.74 Å². The first-order valence-corrected chi connectivity index (χ1v) is 13.0. The molecule has 0 spiro atoms. The SMILES string of the molecule is CN1CCN(CCOc2ccn3c(C(=O)Cc4cccc5c4cnn5Cc4cccnc4)cnc3c2)CC1. The normalized spacial score (nSPS) is 14.9. The zero-order chi connectivity index (χ0) is 25.9. The number of ketones is 1. The van der Waals surface area contributed by atoms with Crippen LogP contribution in [0, 0.1) is 0 Å². The summed E-state index contributed by atoms with van der Waals surface area (Å²) < 4.78 is 9.77. The molecular formula is C29H31N7O2. The van der Waals surface area contributed by atoms with Crippen LogP contribution in [-0.2, 0) is 13.0 Å². The summed E-state index contributed by atoms with van der Waals surface area (Å²) in [5.74, 6) is 0.774. The summed E-state index contributed by atoms with van der Waals surface area (Å²) in [4.78, 5) is 26.8. The van der Waals surface area contributed by atoms with E-state index in [1.54, 1.807) is 12.4 Å². The first-order chi connectivity index (χ1) is 18.6. The lowest BCUT2D eigenvalue weighted by Gasteiger charge is -2.32. The number of pyridine rings is 2. The van der Waals surface area contributed by atoms with E-state index in [-0.39, 0.29) is 12.2 Å². The van der Waals surface area contributed by atoms with Gasteiger partial charge in [0.05, 0.1) is 24.5 Å². The molecule has 194 valence electrons. The van der Waals surface area contributed by atoms with Crippen molar-refractivity contribution in [2.24, 2.45) is 0 Å². The maximum atomic E-state index is 13.3. The molecule has 1 aliphatic rings. The average molecular weight is 510 g/mol. The van der Waals surface area contributed by atoms with Gasteiger partial charge in [-0.1, -0.05) is 18.2 Å². The maximum absolute atomic E-state index is 13.3. The Hall–Kier alpha value is -4.08. The van der Waals surface area contributed by atoms with Gasteiger partial charge in [0.25, 0.3) is 0 Å². The van der Waals surface area contributed by atoms with Gasteiger partial charge in [-0.25, -0.2) is 4.98 Å². The summed E-state index contributed by atoms with van der Waals surface area (Å²) in [6.07, 6.45) is 9.24. The van der Waals surface area contributed by atoms with E-state index in [1.807, 2.05) is 70.1 Å². The Morgan fingerprint density at radius 3 is 2.76 bits per heavy atom. The molecule has 0 aliphatic carbocycles. The number of likely N-dealkylation sites (N-methyl/N-ethyl adjacent to an activating group) is 1. The van der Waals surface area contributed by atoms with Crippen LogP contribution in [0.25, 0.3) is 16.6 Å². The molecule has 9 nitrogen and oxygen atoms in total. The fourth-order valence-electron chi connectivity index (χ4n) is 4.99. The third kappa shape index (κ3) is 5.16. The Morgan fingerprint density at radius 2 is 1.92 bits per heavy atom. The van der Waals surface area contributed by atoms with Gasteiger partial charge in [-0.15, -0.1) is 0 Å². The fraction of sp³-hybridized carbons (Fsp3) is 0.310. The number of ether oxygens (including phenoxy) is 1. The van der Waals surface area contributed by atoms with E-state index in [0.29, 0.717) is 24.5 Å². The second-order valence-corrected chi connectivity index (χ2v) is 9.84. The molecule has 4 aromatic heterocycles. The Balaban J connectivity index is 1.13. The summed E-state index contributed by atoms with van der Waals surface area (Å²) >= 11 is 0. The summed E-state index contributed by atoms with van der Waals surface area (Å²) in [6.45, 7) is 6.50. The van der Waals surface area contributed by atoms with Crippen LogP contribution in [0.3, 0.4) is 0 Å².